The first-order chi connectivity index (χ1) is 11.1. The van der Waals surface area contributed by atoms with Crippen LogP contribution in [0.2, 0.25) is 0 Å². The summed E-state index contributed by atoms with van der Waals surface area (Å²) in [7, 11) is 1.71. The molecule has 0 saturated carbocycles. The number of methoxy groups -OCH3 is 1. The highest BCUT2D eigenvalue weighted by molar-refractivity contribution is 5.76. The van der Waals surface area contributed by atoms with E-state index in [1.165, 1.54) is 11.1 Å². The maximum absolute atomic E-state index is 8.61. The van der Waals surface area contributed by atoms with Gasteiger partial charge in [0, 0.05) is 7.11 Å². The predicted molar refractivity (Wildman–Crippen MR) is 92.5 cm³/mol. The molecule has 0 aliphatic heterocycles. The summed E-state index contributed by atoms with van der Waals surface area (Å²) >= 11 is 0. The van der Waals surface area contributed by atoms with Crippen LogP contribution in [0.1, 0.15) is 18.1 Å². The molecular weight excluding hydrogens is 286 g/mol. The van der Waals surface area contributed by atoms with Crippen LogP contribution in [0.5, 0.6) is 0 Å². The van der Waals surface area contributed by atoms with Gasteiger partial charge in [0.05, 0.1) is 30.2 Å². The number of para-hydroxylation sites is 2. The Bertz CT molecular complexity index is 858. The van der Waals surface area contributed by atoms with Crippen LogP contribution < -0.4 is 5.62 Å². The molecular formula is C19H23N3O. The molecule has 1 atom stereocenters. The molecule has 0 bridgehead atoms. The molecule has 3 aromatic rings. The van der Waals surface area contributed by atoms with E-state index < -0.39 is 0 Å². The lowest BCUT2D eigenvalue weighted by Crippen LogP contribution is -2.28. The highest BCUT2D eigenvalue weighted by Crippen LogP contribution is 2.15. The van der Waals surface area contributed by atoms with Gasteiger partial charge >= 0.3 is 0 Å². The number of fused-ring (bicyclic) bond motifs is 1. The zero-order valence-corrected chi connectivity index (χ0v) is 13.9. The van der Waals surface area contributed by atoms with Crippen LogP contribution in [0.15, 0.2) is 48.5 Å². The Labute approximate surface area is 136 Å². The van der Waals surface area contributed by atoms with E-state index >= 15 is 0 Å². The summed E-state index contributed by atoms with van der Waals surface area (Å²) in [5.41, 5.74) is 5.13. The fourth-order valence-electron chi connectivity index (χ4n) is 2.85. The van der Waals surface area contributed by atoms with Crippen LogP contribution >= 0.6 is 0 Å². The van der Waals surface area contributed by atoms with Crippen LogP contribution in [-0.4, -0.2) is 22.3 Å². The zero-order valence-electron chi connectivity index (χ0n) is 13.9. The van der Waals surface area contributed by atoms with Crippen LogP contribution in [0.4, 0.5) is 0 Å². The van der Waals surface area contributed by atoms with E-state index in [4.69, 9.17) is 10.1 Å². The quantitative estimate of drug-likeness (QED) is 0.772. The second kappa shape index (κ2) is 6.42. The highest BCUT2D eigenvalue weighted by Gasteiger charge is 2.12. The van der Waals surface area contributed by atoms with Gasteiger partial charge in [0.2, 0.25) is 5.62 Å². The molecule has 120 valence electrons. The Morgan fingerprint density at radius 3 is 2.22 bits per heavy atom. The number of rotatable bonds is 5. The number of aryl methyl sites for hydroxylation is 1. The maximum atomic E-state index is 8.61. The Balaban J connectivity index is 2.07. The summed E-state index contributed by atoms with van der Waals surface area (Å²) in [4.78, 5) is 0. The molecule has 0 amide bonds. The summed E-state index contributed by atoms with van der Waals surface area (Å²) in [5.74, 6) is 0. The van der Waals surface area contributed by atoms with Gasteiger partial charge in [-0.25, -0.2) is 0 Å². The number of ether oxygens (including phenoxy) is 1. The first-order valence-electron chi connectivity index (χ1n) is 7.91. The molecule has 1 unspecified atom stereocenters. The number of hydrogen-bond donors (Lipinski definition) is 1. The molecule has 1 heterocycles. The van der Waals surface area contributed by atoms with Crippen LogP contribution in [0, 0.1) is 12.3 Å². The predicted octanol–water partition coefficient (Wildman–Crippen LogP) is 3.31. The van der Waals surface area contributed by atoms with E-state index in [0.29, 0.717) is 18.7 Å². The minimum atomic E-state index is 0.0720. The number of nitrogens with zero attached hydrogens (tertiary/aromatic N) is 2. The van der Waals surface area contributed by atoms with Crippen molar-refractivity contribution in [2.75, 3.05) is 7.11 Å². The lowest BCUT2D eigenvalue weighted by atomic mass is 10.1. The number of imidazole rings is 1. The van der Waals surface area contributed by atoms with Gasteiger partial charge in [-0.2, -0.15) is 0 Å². The molecule has 0 fully saturated rings. The topological polar surface area (TPSA) is 42.9 Å². The van der Waals surface area contributed by atoms with Crippen molar-refractivity contribution in [3.8, 4) is 0 Å². The smallest absolute Gasteiger partial charge is 0.203 e. The molecule has 23 heavy (non-hydrogen) atoms. The fraction of sp³-hybridized carbons (Fsp3) is 0.316. The molecule has 1 N–H and O–H groups in total. The summed E-state index contributed by atoms with van der Waals surface area (Å²) in [6.45, 7) is 5.49. The summed E-state index contributed by atoms with van der Waals surface area (Å²) in [6, 6.07) is 16.7. The summed E-state index contributed by atoms with van der Waals surface area (Å²) in [6.07, 6.45) is 0.0720. The second-order valence-corrected chi connectivity index (χ2v) is 6.04. The van der Waals surface area contributed by atoms with Crippen LogP contribution in [-0.2, 0) is 17.8 Å². The molecule has 1 aromatic heterocycles. The van der Waals surface area contributed by atoms with Gasteiger partial charge < -0.3 is 13.9 Å². The lowest BCUT2D eigenvalue weighted by Gasteiger charge is -2.11. The standard InChI is InChI=1S/C19H23N3O/c1-14-8-10-16(11-9-14)13-22-18-7-5-4-6-17(18)21(19(22)20)12-15(2)23-3/h4-11,15,20H,12-13H2,1-3H3. The average Bonchev–Trinajstić information content (AvgIpc) is 2.82. The molecule has 4 nitrogen and oxygen atoms in total. The molecule has 0 radical (unpaired) electrons. The van der Waals surface area contributed by atoms with Gasteiger partial charge in [0.25, 0.3) is 0 Å². The van der Waals surface area contributed by atoms with Crippen LogP contribution in [0.25, 0.3) is 11.0 Å². The SMILES string of the molecule is COC(C)Cn1c(=N)n(Cc2ccc(C)cc2)c2ccccc21. The molecule has 0 aliphatic carbocycles. The number of hydrogen-bond acceptors (Lipinski definition) is 2. The molecule has 2 aromatic carbocycles. The van der Waals surface area contributed by atoms with Crippen molar-refractivity contribution in [3.05, 3.63) is 65.3 Å². The van der Waals surface area contributed by atoms with Crippen molar-refractivity contribution in [3.63, 3.8) is 0 Å². The van der Waals surface area contributed by atoms with Crippen molar-refractivity contribution in [2.45, 2.75) is 33.0 Å². The van der Waals surface area contributed by atoms with Gasteiger partial charge in [-0.1, -0.05) is 42.0 Å². The van der Waals surface area contributed by atoms with Crippen LogP contribution in [0.3, 0.4) is 0 Å². The van der Waals surface area contributed by atoms with E-state index in [9.17, 15) is 0 Å². The van der Waals surface area contributed by atoms with E-state index in [2.05, 4.69) is 47.9 Å². The van der Waals surface area contributed by atoms with Gasteiger partial charge in [-0.3, -0.25) is 5.41 Å². The van der Waals surface area contributed by atoms with Gasteiger partial charge in [-0.15, -0.1) is 0 Å². The Morgan fingerprint density at radius 2 is 1.61 bits per heavy atom. The average molecular weight is 309 g/mol. The van der Waals surface area contributed by atoms with Crippen molar-refractivity contribution >= 4 is 11.0 Å². The first kappa shape index (κ1) is 15.6. The van der Waals surface area contributed by atoms with Gasteiger partial charge in [-0.05, 0) is 31.5 Å². The summed E-state index contributed by atoms with van der Waals surface area (Å²) in [5, 5.41) is 8.61. The monoisotopic (exact) mass is 309 g/mol. The molecule has 0 spiro atoms. The summed E-state index contributed by atoms with van der Waals surface area (Å²) < 4.78 is 9.47. The number of benzene rings is 2. The number of nitrogens with one attached hydrogen (secondary N) is 1. The Hall–Kier alpha value is -2.33. The maximum Gasteiger partial charge on any atom is 0.203 e. The third kappa shape index (κ3) is 3.08. The van der Waals surface area contributed by atoms with E-state index in [1.807, 2.05) is 23.6 Å². The third-order valence-electron chi connectivity index (χ3n) is 4.28. The van der Waals surface area contributed by atoms with E-state index in [1.54, 1.807) is 7.11 Å². The highest BCUT2D eigenvalue weighted by atomic mass is 16.5. The number of aromatic nitrogens is 2. The van der Waals surface area contributed by atoms with E-state index in [-0.39, 0.29) is 6.10 Å². The molecule has 4 heteroatoms. The zero-order chi connectivity index (χ0) is 16.4. The van der Waals surface area contributed by atoms with Crippen molar-refractivity contribution < 1.29 is 4.74 Å². The van der Waals surface area contributed by atoms with Gasteiger partial charge in [0.15, 0.2) is 0 Å². The Kier molecular flexibility index (Phi) is 4.35. The molecule has 3 rings (SSSR count). The van der Waals surface area contributed by atoms with Crippen molar-refractivity contribution in [1.82, 2.24) is 9.13 Å². The molecule has 0 aliphatic rings. The minimum Gasteiger partial charge on any atom is -0.380 e. The molecule has 0 saturated heterocycles. The third-order valence-corrected chi connectivity index (χ3v) is 4.28. The first-order valence-corrected chi connectivity index (χ1v) is 7.91. The normalized spacial score (nSPS) is 12.7. The lowest BCUT2D eigenvalue weighted by molar-refractivity contribution is 0.103. The van der Waals surface area contributed by atoms with Crippen molar-refractivity contribution in [1.29, 1.82) is 5.41 Å². The second-order valence-electron chi connectivity index (χ2n) is 6.04. The van der Waals surface area contributed by atoms with E-state index in [0.717, 1.165) is 11.0 Å². The Morgan fingerprint density at radius 1 is 1.00 bits per heavy atom. The minimum absolute atomic E-state index is 0.0720. The fourth-order valence-corrected chi connectivity index (χ4v) is 2.85. The van der Waals surface area contributed by atoms with Crippen molar-refractivity contribution in [2.24, 2.45) is 0 Å². The largest absolute Gasteiger partial charge is 0.380 e. The van der Waals surface area contributed by atoms with Gasteiger partial charge in [0.1, 0.15) is 0 Å².